The predicted octanol–water partition coefficient (Wildman–Crippen LogP) is 2.79. The molecule has 0 saturated carbocycles. The van der Waals surface area contributed by atoms with E-state index in [-0.39, 0.29) is 24.2 Å². The molecule has 0 unspecified atom stereocenters. The minimum Gasteiger partial charge on any atom is -0.343 e. The van der Waals surface area contributed by atoms with Crippen molar-refractivity contribution in [3.05, 3.63) is 24.3 Å². The number of thioether (sulfide) groups is 1. The summed E-state index contributed by atoms with van der Waals surface area (Å²) in [6.45, 7) is 4.61. The molecule has 4 rings (SSSR count). The van der Waals surface area contributed by atoms with E-state index in [1.54, 1.807) is 11.8 Å². The van der Waals surface area contributed by atoms with Crippen LogP contribution in [0.4, 0.5) is 5.69 Å². The van der Waals surface area contributed by atoms with Crippen LogP contribution in [-0.4, -0.2) is 55.2 Å². The van der Waals surface area contributed by atoms with Crippen molar-refractivity contribution in [2.45, 2.75) is 30.6 Å². The number of nitrogens with zero attached hydrogens (tertiary/aromatic N) is 2. The van der Waals surface area contributed by atoms with Crippen LogP contribution in [0.15, 0.2) is 29.2 Å². The van der Waals surface area contributed by atoms with E-state index in [2.05, 4.69) is 11.4 Å². The Labute approximate surface area is 171 Å². The molecule has 3 aliphatic heterocycles. The maximum absolute atomic E-state index is 12.7. The average Bonchev–Trinajstić information content (AvgIpc) is 3.03. The van der Waals surface area contributed by atoms with Gasteiger partial charge in [0.25, 0.3) is 0 Å². The average molecular weight is 410 g/mol. The van der Waals surface area contributed by atoms with Gasteiger partial charge in [-0.15, -0.1) is 24.2 Å². The standard InChI is InChI=1S/C20H27N3O2S.ClH/c24-19(22-9-7-15-13-21-14-16(15)8-10-22)5-6-20(25)23-11-12-26-18-4-2-1-3-17(18)23;/h1-4,15-16,21H,5-14H2;1H/t15-,16+;. The largest absolute Gasteiger partial charge is 0.343 e. The van der Waals surface area contributed by atoms with Crippen LogP contribution in [0.25, 0.3) is 0 Å². The molecule has 2 atom stereocenters. The monoisotopic (exact) mass is 409 g/mol. The normalized spacial score (nSPS) is 24.4. The summed E-state index contributed by atoms with van der Waals surface area (Å²) in [6, 6.07) is 8.04. The molecule has 0 radical (unpaired) electrons. The van der Waals surface area contributed by atoms with Crippen LogP contribution in [0.5, 0.6) is 0 Å². The summed E-state index contributed by atoms with van der Waals surface area (Å²) in [5, 5.41) is 3.47. The van der Waals surface area contributed by atoms with Gasteiger partial charge in [0.1, 0.15) is 0 Å². The number of fused-ring (bicyclic) bond motifs is 2. The minimum atomic E-state index is 0. The van der Waals surface area contributed by atoms with E-state index in [0.717, 1.165) is 73.7 Å². The number of hydrogen-bond donors (Lipinski definition) is 1. The highest BCUT2D eigenvalue weighted by molar-refractivity contribution is 7.99. The molecular formula is C20H28ClN3O2S. The van der Waals surface area contributed by atoms with Crippen molar-refractivity contribution in [3.8, 4) is 0 Å². The van der Waals surface area contributed by atoms with Crippen LogP contribution >= 0.6 is 24.2 Å². The quantitative estimate of drug-likeness (QED) is 0.834. The van der Waals surface area contributed by atoms with Crippen molar-refractivity contribution < 1.29 is 9.59 Å². The van der Waals surface area contributed by atoms with Crippen LogP contribution < -0.4 is 10.2 Å². The molecule has 1 N–H and O–H groups in total. The molecule has 0 bridgehead atoms. The predicted molar refractivity (Wildman–Crippen MR) is 112 cm³/mol. The van der Waals surface area contributed by atoms with Gasteiger partial charge >= 0.3 is 0 Å². The lowest BCUT2D eigenvalue weighted by molar-refractivity contribution is -0.133. The number of halogens is 1. The summed E-state index contributed by atoms with van der Waals surface area (Å²) >= 11 is 1.79. The molecule has 1 aromatic carbocycles. The van der Waals surface area contributed by atoms with Crippen molar-refractivity contribution in [3.63, 3.8) is 0 Å². The molecule has 5 nitrogen and oxygen atoms in total. The van der Waals surface area contributed by atoms with Crippen molar-refractivity contribution in [2.24, 2.45) is 11.8 Å². The Morgan fingerprint density at radius 2 is 1.67 bits per heavy atom. The molecule has 0 aliphatic carbocycles. The summed E-state index contributed by atoms with van der Waals surface area (Å²) in [4.78, 5) is 30.4. The lowest BCUT2D eigenvalue weighted by atomic mass is 9.92. The first-order valence-electron chi connectivity index (χ1n) is 9.73. The van der Waals surface area contributed by atoms with E-state index in [9.17, 15) is 9.59 Å². The Balaban J connectivity index is 0.00000210. The highest BCUT2D eigenvalue weighted by Gasteiger charge is 2.31. The van der Waals surface area contributed by atoms with E-state index in [1.807, 2.05) is 28.0 Å². The molecule has 7 heteroatoms. The fraction of sp³-hybridized carbons (Fsp3) is 0.600. The summed E-state index contributed by atoms with van der Waals surface area (Å²) in [5.74, 6) is 2.57. The van der Waals surface area contributed by atoms with Crippen LogP contribution in [0.1, 0.15) is 25.7 Å². The highest BCUT2D eigenvalue weighted by Crippen LogP contribution is 2.34. The lowest BCUT2D eigenvalue weighted by Crippen LogP contribution is -2.37. The first-order chi connectivity index (χ1) is 12.7. The molecule has 1 aromatic rings. The van der Waals surface area contributed by atoms with Crippen molar-refractivity contribution in [1.29, 1.82) is 0 Å². The third kappa shape index (κ3) is 4.61. The lowest BCUT2D eigenvalue weighted by Gasteiger charge is -2.29. The summed E-state index contributed by atoms with van der Waals surface area (Å²) < 4.78 is 0. The molecular weight excluding hydrogens is 382 g/mol. The molecule has 2 fully saturated rings. The molecule has 0 spiro atoms. The number of benzene rings is 1. The van der Waals surface area contributed by atoms with Gasteiger partial charge < -0.3 is 15.1 Å². The molecule has 3 aliphatic rings. The van der Waals surface area contributed by atoms with Crippen molar-refractivity contribution >= 4 is 41.7 Å². The van der Waals surface area contributed by atoms with Crippen LogP contribution in [-0.2, 0) is 9.59 Å². The van der Waals surface area contributed by atoms with Gasteiger partial charge in [0.15, 0.2) is 0 Å². The Morgan fingerprint density at radius 1 is 1.00 bits per heavy atom. The number of hydrogen-bond acceptors (Lipinski definition) is 4. The van der Waals surface area contributed by atoms with Gasteiger partial charge in [0.2, 0.25) is 11.8 Å². The minimum absolute atomic E-state index is 0. The maximum Gasteiger partial charge on any atom is 0.227 e. The summed E-state index contributed by atoms with van der Waals surface area (Å²) in [7, 11) is 0. The number of rotatable bonds is 3. The zero-order valence-corrected chi connectivity index (χ0v) is 17.2. The van der Waals surface area contributed by atoms with E-state index < -0.39 is 0 Å². The first kappa shape index (κ1) is 20.5. The molecule has 148 valence electrons. The second-order valence-corrected chi connectivity index (χ2v) is 8.63. The molecule has 27 heavy (non-hydrogen) atoms. The number of likely N-dealkylation sites (tertiary alicyclic amines) is 1. The van der Waals surface area contributed by atoms with Crippen LogP contribution in [0.3, 0.4) is 0 Å². The Kier molecular flexibility index (Phi) is 7.06. The maximum atomic E-state index is 12.7. The first-order valence-corrected chi connectivity index (χ1v) is 10.7. The Hall–Kier alpha value is -1.24. The second-order valence-electron chi connectivity index (χ2n) is 7.50. The van der Waals surface area contributed by atoms with E-state index in [1.165, 1.54) is 0 Å². The van der Waals surface area contributed by atoms with Gasteiger partial charge in [-0.3, -0.25) is 9.59 Å². The number of para-hydroxylation sites is 1. The smallest absolute Gasteiger partial charge is 0.227 e. The van der Waals surface area contributed by atoms with E-state index in [0.29, 0.717) is 12.8 Å². The zero-order chi connectivity index (χ0) is 17.9. The highest BCUT2D eigenvalue weighted by atomic mass is 35.5. The van der Waals surface area contributed by atoms with E-state index >= 15 is 0 Å². The van der Waals surface area contributed by atoms with Crippen molar-refractivity contribution in [2.75, 3.05) is 43.4 Å². The number of carbonyl (C=O) groups is 2. The van der Waals surface area contributed by atoms with Gasteiger partial charge in [-0.1, -0.05) is 12.1 Å². The second kappa shape index (κ2) is 9.30. The number of carbonyl (C=O) groups excluding carboxylic acids is 2. The van der Waals surface area contributed by atoms with Crippen LogP contribution in [0, 0.1) is 11.8 Å². The fourth-order valence-corrected chi connectivity index (χ4v) is 5.40. The fourth-order valence-electron chi connectivity index (χ4n) is 4.40. The van der Waals surface area contributed by atoms with Gasteiger partial charge in [-0.25, -0.2) is 0 Å². The van der Waals surface area contributed by atoms with Gasteiger partial charge in [-0.2, -0.15) is 0 Å². The van der Waals surface area contributed by atoms with Gasteiger partial charge in [0.05, 0.1) is 5.69 Å². The summed E-state index contributed by atoms with van der Waals surface area (Å²) in [6.07, 6.45) is 2.82. The number of anilines is 1. The number of nitrogens with one attached hydrogen (secondary N) is 1. The van der Waals surface area contributed by atoms with Gasteiger partial charge in [0, 0.05) is 43.1 Å². The molecule has 3 heterocycles. The SMILES string of the molecule is Cl.O=C(CCC(=O)N1CCSc2ccccc21)N1CC[C@@H]2CNC[C@@H]2CC1. The topological polar surface area (TPSA) is 52.7 Å². The third-order valence-electron chi connectivity index (χ3n) is 5.95. The van der Waals surface area contributed by atoms with Crippen molar-refractivity contribution in [1.82, 2.24) is 10.2 Å². The Bertz CT molecular complexity index is 673. The zero-order valence-electron chi connectivity index (χ0n) is 15.6. The molecule has 2 saturated heterocycles. The van der Waals surface area contributed by atoms with Gasteiger partial charge in [-0.05, 0) is 49.9 Å². The van der Waals surface area contributed by atoms with E-state index in [4.69, 9.17) is 0 Å². The molecule has 0 aromatic heterocycles. The Morgan fingerprint density at radius 3 is 2.41 bits per heavy atom. The third-order valence-corrected chi connectivity index (χ3v) is 7.00. The molecule has 2 amide bonds. The van der Waals surface area contributed by atoms with Crippen LogP contribution in [0.2, 0.25) is 0 Å². The number of amides is 2. The summed E-state index contributed by atoms with van der Waals surface area (Å²) in [5.41, 5.74) is 0.997.